The summed E-state index contributed by atoms with van der Waals surface area (Å²) >= 11 is 0. The van der Waals surface area contributed by atoms with Crippen LogP contribution in [0, 0.1) is 6.92 Å². The molecule has 0 aromatic carbocycles. The zero-order valence-corrected chi connectivity index (χ0v) is 12.4. The molecule has 0 aliphatic heterocycles. The molecule has 1 aromatic rings. The number of pyridine rings is 1. The van der Waals surface area contributed by atoms with E-state index >= 15 is 0 Å². The van der Waals surface area contributed by atoms with E-state index in [4.69, 9.17) is 0 Å². The van der Waals surface area contributed by atoms with Gasteiger partial charge in [0, 0.05) is 12.4 Å². The zero-order chi connectivity index (χ0) is 13.2. The SMILES string of the molecule is CC.CC.CCCCC.Cc1cccnc1. The molecule has 0 aliphatic rings. The Hall–Kier alpha value is -0.850. The number of rotatable bonds is 2. The average Bonchev–Trinajstić information content (AvgIpc) is 2.37. The standard InChI is InChI=1S/C6H7N.C5H12.2C2H6/c1-6-3-2-4-7-5-6;1-3-5-4-2;2*1-2/h2-5H,1H3;3-5H2,1-2H3;2*1-2H3. The van der Waals surface area contributed by atoms with Gasteiger partial charge in [0.05, 0.1) is 0 Å². The van der Waals surface area contributed by atoms with E-state index in [-0.39, 0.29) is 0 Å². The minimum atomic E-state index is 1.21. The lowest BCUT2D eigenvalue weighted by molar-refractivity contribution is 0.772. The Kier molecular flexibility index (Phi) is 30.5. The summed E-state index contributed by atoms with van der Waals surface area (Å²) in [5.41, 5.74) is 1.21. The van der Waals surface area contributed by atoms with Crippen LogP contribution in [0.2, 0.25) is 0 Å². The van der Waals surface area contributed by atoms with Crippen LogP contribution < -0.4 is 0 Å². The summed E-state index contributed by atoms with van der Waals surface area (Å²) in [6, 6.07) is 3.95. The molecule has 1 nitrogen and oxygen atoms in total. The van der Waals surface area contributed by atoms with Gasteiger partial charge < -0.3 is 0 Å². The van der Waals surface area contributed by atoms with Crippen molar-refractivity contribution in [3.63, 3.8) is 0 Å². The van der Waals surface area contributed by atoms with Crippen molar-refractivity contribution in [2.45, 2.75) is 67.7 Å². The summed E-state index contributed by atoms with van der Waals surface area (Å²) in [7, 11) is 0. The fraction of sp³-hybridized carbons (Fsp3) is 0.667. The first-order chi connectivity index (χ1) is 7.81. The van der Waals surface area contributed by atoms with Gasteiger partial charge in [-0.15, -0.1) is 0 Å². The van der Waals surface area contributed by atoms with Crippen LogP contribution in [0.1, 0.15) is 66.4 Å². The molecule has 16 heavy (non-hydrogen) atoms. The Morgan fingerprint density at radius 1 is 1.00 bits per heavy atom. The molecule has 1 rings (SSSR count). The minimum Gasteiger partial charge on any atom is -0.264 e. The summed E-state index contributed by atoms with van der Waals surface area (Å²) in [6.45, 7) is 14.4. The Morgan fingerprint density at radius 2 is 1.50 bits per heavy atom. The van der Waals surface area contributed by atoms with Crippen molar-refractivity contribution >= 4 is 0 Å². The van der Waals surface area contributed by atoms with Crippen LogP contribution >= 0.6 is 0 Å². The van der Waals surface area contributed by atoms with E-state index in [1.807, 2.05) is 52.9 Å². The molecule has 96 valence electrons. The predicted octanol–water partition coefficient (Wildman–Crippen LogP) is 5.64. The van der Waals surface area contributed by atoms with Crippen LogP contribution in [-0.4, -0.2) is 4.98 Å². The number of unbranched alkanes of at least 4 members (excludes halogenated alkanes) is 2. The van der Waals surface area contributed by atoms with E-state index in [0.717, 1.165) is 0 Å². The molecular weight excluding hydrogens is 194 g/mol. The first-order valence-corrected chi connectivity index (χ1v) is 6.67. The molecule has 0 unspecified atom stereocenters. The molecule has 0 N–H and O–H groups in total. The highest BCUT2D eigenvalue weighted by molar-refractivity contribution is 5.04. The predicted molar refractivity (Wildman–Crippen MR) is 76.9 cm³/mol. The van der Waals surface area contributed by atoms with Crippen molar-refractivity contribution < 1.29 is 0 Å². The van der Waals surface area contributed by atoms with Gasteiger partial charge in [0.25, 0.3) is 0 Å². The van der Waals surface area contributed by atoms with Crippen molar-refractivity contribution in [3.05, 3.63) is 30.1 Å². The first kappa shape index (κ1) is 20.5. The molecule has 0 aliphatic carbocycles. The minimum absolute atomic E-state index is 1.21. The number of nitrogens with zero attached hydrogens (tertiary/aromatic N) is 1. The second-order valence-electron chi connectivity index (χ2n) is 2.88. The lowest BCUT2D eigenvalue weighted by atomic mass is 10.3. The van der Waals surface area contributed by atoms with Gasteiger partial charge in [-0.1, -0.05) is 66.9 Å². The molecule has 0 saturated carbocycles. The van der Waals surface area contributed by atoms with Crippen LogP contribution in [-0.2, 0) is 0 Å². The maximum absolute atomic E-state index is 3.88. The largest absolute Gasteiger partial charge is 0.264 e. The highest BCUT2D eigenvalue weighted by Gasteiger charge is 1.73. The number of hydrogen-bond donors (Lipinski definition) is 0. The third-order valence-corrected chi connectivity index (χ3v) is 1.52. The Bertz CT molecular complexity index is 168. The number of aryl methyl sites for hydroxylation is 1. The van der Waals surface area contributed by atoms with Crippen LogP contribution in [0.3, 0.4) is 0 Å². The quantitative estimate of drug-likeness (QED) is 0.635. The number of aromatic nitrogens is 1. The fourth-order valence-corrected chi connectivity index (χ4v) is 0.802. The molecule has 0 spiro atoms. The lowest BCUT2D eigenvalue weighted by Crippen LogP contribution is -1.69. The van der Waals surface area contributed by atoms with Gasteiger partial charge in [-0.25, -0.2) is 0 Å². The average molecular weight is 225 g/mol. The zero-order valence-electron chi connectivity index (χ0n) is 12.4. The molecule has 0 fully saturated rings. The summed E-state index contributed by atoms with van der Waals surface area (Å²) < 4.78 is 0. The van der Waals surface area contributed by atoms with E-state index in [0.29, 0.717) is 0 Å². The molecule has 1 aromatic heterocycles. The Morgan fingerprint density at radius 3 is 1.62 bits per heavy atom. The van der Waals surface area contributed by atoms with Gasteiger partial charge in [0.15, 0.2) is 0 Å². The van der Waals surface area contributed by atoms with Gasteiger partial charge >= 0.3 is 0 Å². The lowest BCUT2D eigenvalue weighted by Gasteiger charge is -1.82. The second-order valence-corrected chi connectivity index (χ2v) is 2.88. The molecular formula is C15H31N. The van der Waals surface area contributed by atoms with Crippen molar-refractivity contribution in [3.8, 4) is 0 Å². The van der Waals surface area contributed by atoms with Crippen molar-refractivity contribution in [1.82, 2.24) is 4.98 Å². The van der Waals surface area contributed by atoms with E-state index in [1.54, 1.807) is 6.20 Å². The molecule has 0 bridgehead atoms. The monoisotopic (exact) mass is 225 g/mol. The first-order valence-electron chi connectivity index (χ1n) is 6.67. The summed E-state index contributed by atoms with van der Waals surface area (Å²) in [4.78, 5) is 3.88. The maximum atomic E-state index is 3.88. The summed E-state index contributed by atoms with van der Waals surface area (Å²) in [5.74, 6) is 0. The number of hydrogen-bond acceptors (Lipinski definition) is 1. The third-order valence-electron chi connectivity index (χ3n) is 1.52. The molecule has 0 atom stereocenters. The van der Waals surface area contributed by atoms with Gasteiger partial charge in [-0.05, 0) is 18.6 Å². The highest BCUT2D eigenvalue weighted by Crippen LogP contribution is 1.88. The van der Waals surface area contributed by atoms with Gasteiger partial charge in [0.2, 0.25) is 0 Å². The fourth-order valence-electron chi connectivity index (χ4n) is 0.802. The van der Waals surface area contributed by atoms with Gasteiger partial charge in [0.1, 0.15) is 0 Å². The van der Waals surface area contributed by atoms with Gasteiger partial charge in [-0.2, -0.15) is 0 Å². The molecule has 1 heterocycles. The van der Waals surface area contributed by atoms with E-state index in [9.17, 15) is 0 Å². The maximum Gasteiger partial charge on any atom is 0.0297 e. The molecule has 1 heteroatoms. The van der Waals surface area contributed by atoms with Crippen molar-refractivity contribution in [2.24, 2.45) is 0 Å². The van der Waals surface area contributed by atoms with Gasteiger partial charge in [-0.3, -0.25) is 4.98 Å². The van der Waals surface area contributed by atoms with Crippen LogP contribution in [0.4, 0.5) is 0 Å². The molecule has 0 radical (unpaired) electrons. The van der Waals surface area contributed by atoms with E-state index < -0.39 is 0 Å². The van der Waals surface area contributed by atoms with Crippen molar-refractivity contribution in [1.29, 1.82) is 0 Å². The molecule has 0 saturated heterocycles. The summed E-state index contributed by atoms with van der Waals surface area (Å²) in [5, 5.41) is 0. The van der Waals surface area contributed by atoms with Crippen LogP contribution in [0.25, 0.3) is 0 Å². The van der Waals surface area contributed by atoms with E-state index in [1.165, 1.54) is 24.8 Å². The Labute approximate surface area is 103 Å². The third kappa shape index (κ3) is 23.2. The molecule has 0 amide bonds. The van der Waals surface area contributed by atoms with E-state index in [2.05, 4.69) is 18.8 Å². The smallest absolute Gasteiger partial charge is 0.0297 e. The van der Waals surface area contributed by atoms with Crippen LogP contribution in [0.15, 0.2) is 24.5 Å². The highest BCUT2D eigenvalue weighted by atomic mass is 14.6. The normalized spacial score (nSPS) is 7.19. The topological polar surface area (TPSA) is 12.9 Å². The van der Waals surface area contributed by atoms with Crippen LogP contribution in [0.5, 0.6) is 0 Å². The second kappa shape index (κ2) is 23.8. The summed E-state index contributed by atoms with van der Waals surface area (Å²) in [6.07, 6.45) is 7.68. The van der Waals surface area contributed by atoms with Crippen molar-refractivity contribution in [2.75, 3.05) is 0 Å². The Balaban J connectivity index is -0.000000167.